The molecule has 1 fully saturated rings. The van der Waals surface area contributed by atoms with Crippen LogP contribution in [0, 0.1) is 6.92 Å². The van der Waals surface area contributed by atoms with Crippen molar-refractivity contribution in [1.82, 2.24) is 14.7 Å². The fourth-order valence-corrected chi connectivity index (χ4v) is 2.83. The van der Waals surface area contributed by atoms with Gasteiger partial charge < -0.3 is 10.6 Å². The summed E-state index contributed by atoms with van der Waals surface area (Å²) in [7, 11) is 1.81. The second-order valence-corrected chi connectivity index (χ2v) is 5.18. The molecule has 2 heterocycles. The van der Waals surface area contributed by atoms with Crippen LogP contribution in [0.1, 0.15) is 42.4 Å². The average molecular weight is 250 g/mol. The molecule has 0 aromatic carbocycles. The van der Waals surface area contributed by atoms with Crippen molar-refractivity contribution in [2.75, 3.05) is 6.54 Å². The number of likely N-dealkylation sites (tertiary alicyclic amines) is 1. The standard InChI is InChI=1S/C13H22N4O/c1-9-7-12(16(3)15-9)13(18)17-10(2)5-4-6-11(17)8-14/h7,10-11H,4-6,8,14H2,1-3H3. The smallest absolute Gasteiger partial charge is 0.272 e. The monoisotopic (exact) mass is 250 g/mol. The quantitative estimate of drug-likeness (QED) is 0.854. The third-order valence-corrected chi connectivity index (χ3v) is 3.76. The Kier molecular flexibility index (Phi) is 3.71. The summed E-state index contributed by atoms with van der Waals surface area (Å²) in [5, 5.41) is 4.24. The lowest BCUT2D eigenvalue weighted by atomic mass is 9.96. The molecule has 0 spiro atoms. The molecule has 1 aliphatic heterocycles. The van der Waals surface area contributed by atoms with Gasteiger partial charge in [-0.05, 0) is 39.2 Å². The zero-order chi connectivity index (χ0) is 13.3. The van der Waals surface area contributed by atoms with Crippen LogP contribution in [-0.2, 0) is 7.05 Å². The van der Waals surface area contributed by atoms with Gasteiger partial charge in [0.2, 0.25) is 0 Å². The molecule has 18 heavy (non-hydrogen) atoms. The van der Waals surface area contributed by atoms with Gasteiger partial charge in [0.1, 0.15) is 5.69 Å². The first-order valence-corrected chi connectivity index (χ1v) is 6.58. The van der Waals surface area contributed by atoms with Crippen LogP contribution in [0.15, 0.2) is 6.07 Å². The summed E-state index contributed by atoms with van der Waals surface area (Å²) in [6.45, 7) is 4.53. The van der Waals surface area contributed by atoms with Crippen LogP contribution in [0.2, 0.25) is 0 Å². The lowest BCUT2D eigenvalue weighted by Gasteiger charge is -2.40. The zero-order valence-corrected chi connectivity index (χ0v) is 11.4. The Morgan fingerprint density at radius 1 is 1.56 bits per heavy atom. The first-order valence-electron chi connectivity index (χ1n) is 6.58. The van der Waals surface area contributed by atoms with E-state index in [1.807, 2.05) is 24.9 Å². The zero-order valence-electron chi connectivity index (χ0n) is 11.4. The van der Waals surface area contributed by atoms with E-state index < -0.39 is 0 Å². The lowest BCUT2D eigenvalue weighted by Crippen LogP contribution is -2.52. The second-order valence-electron chi connectivity index (χ2n) is 5.18. The molecule has 1 aromatic rings. The number of piperidine rings is 1. The van der Waals surface area contributed by atoms with Gasteiger partial charge in [0, 0.05) is 25.7 Å². The summed E-state index contributed by atoms with van der Waals surface area (Å²) in [5.41, 5.74) is 7.32. The number of carbonyl (C=O) groups excluding carboxylic acids is 1. The third kappa shape index (κ3) is 2.27. The maximum absolute atomic E-state index is 12.6. The number of hydrogen-bond donors (Lipinski definition) is 1. The molecule has 0 radical (unpaired) electrons. The van der Waals surface area contributed by atoms with Gasteiger partial charge in [-0.1, -0.05) is 0 Å². The molecule has 1 aromatic heterocycles. The van der Waals surface area contributed by atoms with Crippen LogP contribution in [0.25, 0.3) is 0 Å². The number of amides is 1. The van der Waals surface area contributed by atoms with E-state index in [4.69, 9.17) is 5.73 Å². The van der Waals surface area contributed by atoms with E-state index in [9.17, 15) is 4.79 Å². The first kappa shape index (κ1) is 13.1. The van der Waals surface area contributed by atoms with Gasteiger partial charge in [0.25, 0.3) is 5.91 Å². The predicted molar refractivity (Wildman–Crippen MR) is 70.3 cm³/mol. The maximum Gasteiger partial charge on any atom is 0.272 e. The molecule has 0 aliphatic carbocycles. The molecule has 2 unspecified atom stereocenters. The highest BCUT2D eigenvalue weighted by Gasteiger charge is 2.32. The minimum absolute atomic E-state index is 0.0563. The Balaban J connectivity index is 2.28. The summed E-state index contributed by atoms with van der Waals surface area (Å²) in [4.78, 5) is 14.6. The fourth-order valence-electron chi connectivity index (χ4n) is 2.83. The molecule has 0 saturated carbocycles. The highest BCUT2D eigenvalue weighted by Crippen LogP contribution is 2.24. The SMILES string of the molecule is Cc1cc(C(=O)N2C(C)CCCC2CN)n(C)n1. The van der Waals surface area contributed by atoms with Crippen LogP contribution < -0.4 is 5.73 Å². The molecule has 5 heteroatoms. The highest BCUT2D eigenvalue weighted by atomic mass is 16.2. The van der Waals surface area contributed by atoms with Crippen molar-refractivity contribution >= 4 is 5.91 Å². The number of carbonyl (C=O) groups is 1. The van der Waals surface area contributed by atoms with E-state index in [0.717, 1.165) is 25.0 Å². The van der Waals surface area contributed by atoms with E-state index >= 15 is 0 Å². The molecule has 0 bridgehead atoms. The van der Waals surface area contributed by atoms with Crippen LogP contribution in [0.4, 0.5) is 0 Å². The van der Waals surface area contributed by atoms with Crippen molar-refractivity contribution in [2.24, 2.45) is 12.8 Å². The molecule has 2 rings (SSSR count). The summed E-state index contributed by atoms with van der Waals surface area (Å²) < 4.78 is 1.66. The van der Waals surface area contributed by atoms with Gasteiger partial charge in [-0.2, -0.15) is 5.10 Å². The predicted octanol–water partition coefficient (Wildman–Crippen LogP) is 1.07. The van der Waals surface area contributed by atoms with Gasteiger partial charge in [0.15, 0.2) is 0 Å². The lowest BCUT2D eigenvalue weighted by molar-refractivity contribution is 0.0483. The molecule has 2 atom stereocenters. The van der Waals surface area contributed by atoms with E-state index in [1.54, 1.807) is 4.68 Å². The van der Waals surface area contributed by atoms with Crippen molar-refractivity contribution in [3.8, 4) is 0 Å². The average Bonchev–Trinajstić information content (AvgIpc) is 2.67. The Labute approximate surface area is 108 Å². The summed E-state index contributed by atoms with van der Waals surface area (Å²) in [6.07, 6.45) is 3.21. The minimum atomic E-state index is 0.0563. The summed E-state index contributed by atoms with van der Waals surface area (Å²) in [6, 6.07) is 2.27. The van der Waals surface area contributed by atoms with Crippen LogP contribution in [0.3, 0.4) is 0 Å². The number of hydrogen-bond acceptors (Lipinski definition) is 3. The van der Waals surface area contributed by atoms with Crippen LogP contribution in [0.5, 0.6) is 0 Å². The number of nitrogens with zero attached hydrogens (tertiary/aromatic N) is 3. The van der Waals surface area contributed by atoms with Crippen molar-refractivity contribution in [2.45, 2.75) is 45.2 Å². The van der Waals surface area contributed by atoms with E-state index in [0.29, 0.717) is 12.2 Å². The molecule has 5 nitrogen and oxygen atoms in total. The number of rotatable bonds is 2. The van der Waals surface area contributed by atoms with Crippen molar-refractivity contribution < 1.29 is 4.79 Å². The molecule has 1 saturated heterocycles. The maximum atomic E-state index is 12.6. The number of aromatic nitrogens is 2. The van der Waals surface area contributed by atoms with E-state index in [1.165, 1.54) is 0 Å². The minimum Gasteiger partial charge on any atom is -0.330 e. The number of nitrogens with two attached hydrogens (primary N) is 1. The molecular weight excluding hydrogens is 228 g/mol. The summed E-state index contributed by atoms with van der Waals surface area (Å²) in [5.74, 6) is 0.0563. The molecule has 100 valence electrons. The first-order chi connectivity index (χ1) is 8.54. The Bertz CT molecular complexity index is 440. The van der Waals surface area contributed by atoms with E-state index in [-0.39, 0.29) is 18.0 Å². The fraction of sp³-hybridized carbons (Fsp3) is 0.692. The van der Waals surface area contributed by atoms with E-state index in [2.05, 4.69) is 12.0 Å². The Morgan fingerprint density at radius 3 is 2.83 bits per heavy atom. The Morgan fingerprint density at radius 2 is 2.28 bits per heavy atom. The van der Waals surface area contributed by atoms with Crippen LogP contribution >= 0.6 is 0 Å². The van der Waals surface area contributed by atoms with Gasteiger partial charge in [-0.25, -0.2) is 0 Å². The van der Waals surface area contributed by atoms with Crippen LogP contribution in [-0.4, -0.2) is 39.2 Å². The van der Waals surface area contributed by atoms with Crippen molar-refractivity contribution in [1.29, 1.82) is 0 Å². The molecule has 1 amide bonds. The third-order valence-electron chi connectivity index (χ3n) is 3.76. The molecule has 2 N–H and O–H groups in total. The topological polar surface area (TPSA) is 64.2 Å². The second kappa shape index (κ2) is 5.10. The molecule has 1 aliphatic rings. The highest BCUT2D eigenvalue weighted by molar-refractivity contribution is 5.93. The normalized spacial score (nSPS) is 24.3. The summed E-state index contributed by atoms with van der Waals surface area (Å²) >= 11 is 0. The molecular formula is C13H22N4O. The largest absolute Gasteiger partial charge is 0.330 e. The number of aryl methyl sites for hydroxylation is 2. The van der Waals surface area contributed by atoms with Crippen molar-refractivity contribution in [3.63, 3.8) is 0 Å². The van der Waals surface area contributed by atoms with Gasteiger partial charge in [-0.15, -0.1) is 0 Å². The van der Waals surface area contributed by atoms with Gasteiger partial charge >= 0.3 is 0 Å². The van der Waals surface area contributed by atoms with Gasteiger partial charge in [-0.3, -0.25) is 9.48 Å². The Hall–Kier alpha value is -1.36. The van der Waals surface area contributed by atoms with Gasteiger partial charge in [0.05, 0.1) is 5.69 Å². The van der Waals surface area contributed by atoms with Crippen molar-refractivity contribution in [3.05, 3.63) is 17.5 Å².